The Bertz CT molecular complexity index is 370. The van der Waals surface area contributed by atoms with Crippen LogP contribution in [0.15, 0.2) is 24.4 Å². The summed E-state index contributed by atoms with van der Waals surface area (Å²) in [6.45, 7) is 1.99. The number of benzene rings is 1. The van der Waals surface area contributed by atoms with Gasteiger partial charge in [0, 0.05) is 23.6 Å². The van der Waals surface area contributed by atoms with Crippen molar-refractivity contribution >= 4 is 11.8 Å². The van der Waals surface area contributed by atoms with Crippen LogP contribution in [0.25, 0.3) is 5.57 Å². The smallest absolute Gasteiger partial charge is 0.127 e. The van der Waals surface area contributed by atoms with Crippen LogP contribution in [-0.4, -0.2) is 13.3 Å². The molecule has 1 aromatic carbocycles. The van der Waals surface area contributed by atoms with Crippen molar-refractivity contribution in [2.24, 2.45) is 5.73 Å². The molecule has 14 heavy (non-hydrogen) atoms. The van der Waals surface area contributed by atoms with Crippen LogP contribution < -0.4 is 10.5 Å². The minimum absolute atomic E-state index is 0.654. The number of allylic oxidation sites excluding steroid dienone is 1. The van der Waals surface area contributed by atoms with Gasteiger partial charge in [0.15, 0.2) is 0 Å². The van der Waals surface area contributed by atoms with Crippen LogP contribution in [0.4, 0.5) is 0 Å². The molecule has 0 atom stereocenters. The van der Waals surface area contributed by atoms with E-state index in [0.29, 0.717) is 5.57 Å². The van der Waals surface area contributed by atoms with Crippen molar-refractivity contribution in [2.75, 3.05) is 7.11 Å². The normalized spacial score (nSPS) is 11.1. The Kier molecular flexibility index (Phi) is 3.29. The minimum Gasteiger partial charge on any atom is -0.496 e. The van der Waals surface area contributed by atoms with Crippen LogP contribution in [0.5, 0.6) is 5.75 Å². The van der Waals surface area contributed by atoms with E-state index in [1.54, 1.807) is 7.11 Å². The molecule has 0 saturated heterocycles. The Morgan fingerprint density at radius 2 is 2.21 bits per heavy atom. The van der Waals surface area contributed by atoms with Crippen LogP contribution in [0.1, 0.15) is 11.1 Å². The molecule has 0 aliphatic carbocycles. The van der Waals surface area contributed by atoms with Gasteiger partial charge in [-0.1, -0.05) is 12.1 Å². The highest BCUT2D eigenvalue weighted by atomic mass is 16.5. The van der Waals surface area contributed by atoms with E-state index in [-0.39, 0.29) is 0 Å². The molecule has 0 aromatic heterocycles. The molecule has 3 heteroatoms. The fraction of sp³-hybridized carbons (Fsp3) is 0.182. The fourth-order valence-electron chi connectivity index (χ4n) is 1.25. The first-order chi connectivity index (χ1) is 6.72. The van der Waals surface area contributed by atoms with E-state index in [1.165, 1.54) is 12.4 Å². The highest BCUT2D eigenvalue weighted by Crippen LogP contribution is 2.25. The van der Waals surface area contributed by atoms with Crippen LogP contribution in [0, 0.1) is 12.3 Å². The molecule has 0 amide bonds. The number of ether oxygens (including phenoxy) is 1. The summed E-state index contributed by atoms with van der Waals surface area (Å²) in [5, 5.41) is 7.19. The molecular weight excluding hydrogens is 176 g/mol. The number of rotatable bonds is 3. The fourth-order valence-corrected chi connectivity index (χ4v) is 1.25. The Hall–Kier alpha value is -1.77. The third-order valence-electron chi connectivity index (χ3n) is 2.00. The van der Waals surface area contributed by atoms with Crippen LogP contribution in [0.3, 0.4) is 0 Å². The summed E-state index contributed by atoms with van der Waals surface area (Å²) in [6.07, 6.45) is 2.62. The van der Waals surface area contributed by atoms with E-state index in [0.717, 1.165) is 16.9 Å². The number of nitrogens with two attached hydrogens (primary N) is 1. The lowest BCUT2D eigenvalue weighted by Gasteiger charge is -2.08. The summed E-state index contributed by atoms with van der Waals surface area (Å²) in [7, 11) is 1.61. The summed E-state index contributed by atoms with van der Waals surface area (Å²) >= 11 is 0. The zero-order valence-electron chi connectivity index (χ0n) is 8.37. The molecule has 1 aromatic rings. The molecule has 3 N–H and O–H groups in total. The van der Waals surface area contributed by atoms with Crippen LogP contribution >= 0.6 is 0 Å². The quantitative estimate of drug-likeness (QED) is 0.716. The minimum atomic E-state index is 0.654. The number of hydrogen-bond acceptors (Lipinski definition) is 3. The molecule has 0 radical (unpaired) electrons. The first kappa shape index (κ1) is 10.3. The van der Waals surface area contributed by atoms with Crippen molar-refractivity contribution in [1.29, 1.82) is 5.41 Å². The van der Waals surface area contributed by atoms with Crippen molar-refractivity contribution in [1.82, 2.24) is 0 Å². The molecule has 3 nitrogen and oxygen atoms in total. The second kappa shape index (κ2) is 4.46. The van der Waals surface area contributed by atoms with Gasteiger partial charge >= 0.3 is 0 Å². The van der Waals surface area contributed by atoms with Gasteiger partial charge in [0.05, 0.1) is 7.11 Å². The molecule has 0 fully saturated rings. The SMILES string of the molecule is COc1cc(C)ccc1/C(C=N)=C/N. The average molecular weight is 190 g/mol. The summed E-state index contributed by atoms with van der Waals surface area (Å²) in [6, 6.07) is 5.78. The third kappa shape index (κ3) is 1.93. The van der Waals surface area contributed by atoms with Gasteiger partial charge in [-0.3, -0.25) is 0 Å². The van der Waals surface area contributed by atoms with Gasteiger partial charge < -0.3 is 15.9 Å². The largest absolute Gasteiger partial charge is 0.496 e. The molecule has 0 bridgehead atoms. The third-order valence-corrected chi connectivity index (χ3v) is 2.00. The number of nitrogens with one attached hydrogen (secondary N) is 1. The molecule has 0 spiro atoms. The van der Waals surface area contributed by atoms with E-state index in [4.69, 9.17) is 15.9 Å². The topological polar surface area (TPSA) is 59.1 Å². The number of hydrogen-bond donors (Lipinski definition) is 2. The second-order valence-electron chi connectivity index (χ2n) is 2.97. The zero-order valence-corrected chi connectivity index (χ0v) is 8.37. The Labute approximate surface area is 83.7 Å². The van der Waals surface area contributed by atoms with Gasteiger partial charge in [-0.25, -0.2) is 0 Å². The van der Waals surface area contributed by atoms with Crippen molar-refractivity contribution in [3.8, 4) is 5.75 Å². The highest BCUT2D eigenvalue weighted by Gasteiger charge is 2.05. The maximum Gasteiger partial charge on any atom is 0.127 e. The average Bonchev–Trinajstić information content (AvgIpc) is 2.21. The first-order valence-corrected chi connectivity index (χ1v) is 4.30. The van der Waals surface area contributed by atoms with Gasteiger partial charge in [-0.05, 0) is 18.6 Å². The van der Waals surface area contributed by atoms with Crippen LogP contribution in [0.2, 0.25) is 0 Å². The predicted molar refractivity (Wildman–Crippen MR) is 58.7 cm³/mol. The predicted octanol–water partition coefficient (Wildman–Crippen LogP) is 1.95. The summed E-state index contributed by atoms with van der Waals surface area (Å²) in [4.78, 5) is 0. The lowest BCUT2D eigenvalue weighted by molar-refractivity contribution is 0.413. The Morgan fingerprint density at radius 1 is 1.50 bits per heavy atom. The van der Waals surface area contributed by atoms with Crippen molar-refractivity contribution in [3.63, 3.8) is 0 Å². The van der Waals surface area contributed by atoms with Gasteiger partial charge in [0.1, 0.15) is 5.75 Å². The number of aryl methyl sites for hydroxylation is 1. The molecule has 1 rings (SSSR count). The Morgan fingerprint density at radius 3 is 2.71 bits per heavy atom. The molecule has 0 unspecified atom stereocenters. The maximum absolute atomic E-state index is 7.19. The molecular formula is C11H14N2O. The van der Waals surface area contributed by atoms with Crippen LogP contribution in [-0.2, 0) is 0 Å². The van der Waals surface area contributed by atoms with E-state index in [2.05, 4.69) is 0 Å². The highest BCUT2D eigenvalue weighted by molar-refractivity contribution is 6.09. The molecule has 0 saturated carbocycles. The summed E-state index contributed by atoms with van der Waals surface area (Å²) < 4.78 is 5.21. The van der Waals surface area contributed by atoms with Gasteiger partial charge in [-0.15, -0.1) is 0 Å². The van der Waals surface area contributed by atoms with E-state index < -0.39 is 0 Å². The zero-order chi connectivity index (χ0) is 10.6. The standard InChI is InChI=1S/C11H14N2O/c1-8-3-4-10(9(6-12)7-13)11(5-8)14-2/h3-7,12H,13H2,1-2H3/b9-7+,12-6?. The second-order valence-corrected chi connectivity index (χ2v) is 2.97. The lowest BCUT2D eigenvalue weighted by Crippen LogP contribution is -1.95. The number of methoxy groups -OCH3 is 1. The van der Waals surface area contributed by atoms with Crippen molar-refractivity contribution in [2.45, 2.75) is 6.92 Å². The van der Waals surface area contributed by atoms with E-state index >= 15 is 0 Å². The van der Waals surface area contributed by atoms with E-state index in [1.807, 2.05) is 25.1 Å². The molecule has 0 heterocycles. The van der Waals surface area contributed by atoms with Gasteiger partial charge in [0.2, 0.25) is 0 Å². The monoisotopic (exact) mass is 190 g/mol. The maximum atomic E-state index is 7.19. The van der Waals surface area contributed by atoms with E-state index in [9.17, 15) is 0 Å². The molecule has 0 aliphatic heterocycles. The Balaban J connectivity index is 3.26. The summed E-state index contributed by atoms with van der Waals surface area (Å²) in [5.74, 6) is 0.741. The summed E-state index contributed by atoms with van der Waals surface area (Å²) in [5.41, 5.74) is 8.02. The lowest BCUT2D eigenvalue weighted by atomic mass is 10.0. The van der Waals surface area contributed by atoms with Crippen molar-refractivity contribution < 1.29 is 4.74 Å². The van der Waals surface area contributed by atoms with Gasteiger partial charge in [-0.2, -0.15) is 0 Å². The van der Waals surface area contributed by atoms with Gasteiger partial charge in [0.25, 0.3) is 0 Å². The molecule has 74 valence electrons. The molecule has 0 aliphatic rings. The first-order valence-electron chi connectivity index (χ1n) is 4.30. The van der Waals surface area contributed by atoms with Crippen molar-refractivity contribution in [3.05, 3.63) is 35.5 Å².